The summed E-state index contributed by atoms with van der Waals surface area (Å²) in [5, 5.41) is 0. The number of halogens is 1. The minimum absolute atomic E-state index is 0.395. The van der Waals surface area contributed by atoms with Crippen LogP contribution in [0.4, 0.5) is 4.39 Å². The Hall–Kier alpha value is -1.70. The van der Waals surface area contributed by atoms with Gasteiger partial charge in [0.25, 0.3) is 0 Å². The lowest BCUT2D eigenvalue weighted by molar-refractivity contribution is 0.575. The lowest BCUT2D eigenvalue weighted by Crippen LogP contribution is -1.91. The van der Waals surface area contributed by atoms with E-state index in [0.29, 0.717) is 11.5 Å². The number of nitrogens with zero attached hydrogens (tertiary/aromatic N) is 1. The van der Waals surface area contributed by atoms with Gasteiger partial charge in [-0.05, 0) is 30.0 Å². The predicted molar refractivity (Wildman–Crippen MR) is 68.5 cm³/mol. The molecule has 0 aliphatic heterocycles. The number of hydrogen-bond acceptors (Lipinski definition) is 1. The Morgan fingerprint density at radius 2 is 1.88 bits per heavy atom. The van der Waals surface area contributed by atoms with Crippen LogP contribution in [0.15, 0.2) is 36.5 Å². The van der Waals surface area contributed by atoms with E-state index in [1.807, 2.05) is 18.2 Å². The first-order valence-electron chi connectivity index (χ1n) is 5.80. The third-order valence-electron chi connectivity index (χ3n) is 2.90. The summed E-state index contributed by atoms with van der Waals surface area (Å²) in [7, 11) is 0. The third-order valence-corrected chi connectivity index (χ3v) is 2.90. The molecule has 88 valence electrons. The Morgan fingerprint density at radius 3 is 2.53 bits per heavy atom. The zero-order valence-electron chi connectivity index (χ0n) is 10.4. The fourth-order valence-electron chi connectivity index (χ4n) is 1.79. The van der Waals surface area contributed by atoms with E-state index in [9.17, 15) is 4.39 Å². The Labute approximate surface area is 101 Å². The number of rotatable bonds is 2. The summed E-state index contributed by atoms with van der Waals surface area (Å²) < 4.78 is 13.1. The molecule has 0 saturated carbocycles. The molecule has 0 unspecified atom stereocenters. The second kappa shape index (κ2) is 4.66. The van der Waals surface area contributed by atoms with Crippen LogP contribution in [0, 0.1) is 12.9 Å². The van der Waals surface area contributed by atoms with Crippen molar-refractivity contribution in [2.75, 3.05) is 0 Å². The number of benzene rings is 1. The summed E-state index contributed by atoms with van der Waals surface area (Å²) in [5.74, 6) is 0.0956. The fourth-order valence-corrected chi connectivity index (χ4v) is 1.79. The van der Waals surface area contributed by atoms with Crippen LogP contribution >= 0.6 is 0 Å². The molecule has 1 aromatic carbocycles. The Kier molecular flexibility index (Phi) is 3.23. The van der Waals surface area contributed by atoms with Gasteiger partial charge in [-0.2, -0.15) is 4.39 Å². The SMILES string of the molecule is Cc1cc(-c2cccc(C(C)C)c2)cnc1F. The van der Waals surface area contributed by atoms with Gasteiger partial charge in [0.05, 0.1) is 0 Å². The van der Waals surface area contributed by atoms with Crippen LogP contribution in [-0.4, -0.2) is 4.98 Å². The molecule has 0 aliphatic carbocycles. The molecule has 0 N–H and O–H groups in total. The molecule has 2 rings (SSSR count). The van der Waals surface area contributed by atoms with Crippen LogP contribution in [-0.2, 0) is 0 Å². The smallest absolute Gasteiger partial charge is 0.215 e. The predicted octanol–water partition coefficient (Wildman–Crippen LogP) is 4.32. The Morgan fingerprint density at radius 1 is 1.12 bits per heavy atom. The van der Waals surface area contributed by atoms with Gasteiger partial charge in [-0.3, -0.25) is 0 Å². The molecule has 17 heavy (non-hydrogen) atoms. The van der Waals surface area contributed by atoms with E-state index in [-0.39, 0.29) is 0 Å². The maximum absolute atomic E-state index is 13.1. The van der Waals surface area contributed by atoms with Crippen molar-refractivity contribution in [3.8, 4) is 11.1 Å². The lowest BCUT2D eigenvalue weighted by Gasteiger charge is -2.08. The summed E-state index contributed by atoms with van der Waals surface area (Å²) in [6.07, 6.45) is 1.59. The largest absolute Gasteiger partial charge is 0.227 e. The zero-order valence-corrected chi connectivity index (χ0v) is 10.4. The van der Waals surface area contributed by atoms with Gasteiger partial charge in [0.2, 0.25) is 5.95 Å². The zero-order chi connectivity index (χ0) is 12.4. The van der Waals surface area contributed by atoms with Crippen LogP contribution in [0.3, 0.4) is 0 Å². The van der Waals surface area contributed by atoms with E-state index < -0.39 is 5.95 Å². The summed E-state index contributed by atoms with van der Waals surface area (Å²) >= 11 is 0. The van der Waals surface area contributed by atoms with E-state index in [2.05, 4.69) is 31.0 Å². The van der Waals surface area contributed by atoms with Gasteiger partial charge in [-0.1, -0.05) is 38.1 Å². The molecule has 1 aromatic heterocycles. The van der Waals surface area contributed by atoms with Crippen LogP contribution in [0.2, 0.25) is 0 Å². The number of hydrogen-bond donors (Lipinski definition) is 0. The number of pyridine rings is 1. The number of aromatic nitrogens is 1. The molecular weight excluding hydrogens is 213 g/mol. The average Bonchev–Trinajstić information content (AvgIpc) is 2.33. The van der Waals surface area contributed by atoms with Gasteiger partial charge < -0.3 is 0 Å². The van der Waals surface area contributed by atoms with Crippen molar-refractivity contribution in [2.24, 2.45) is 0 Å². The first-order valence-corrected chi connectivity index (χ1v) is 5.80. The van der Waals surface area contributed by atoms with Crippen LogP contribution in [0.25, 0.3) is 11.1 Å². The quantitative estimate of drug-likeness (QED) is 0.699. The second-order valence-corrected chi connectivity index (χ2v) is 4.61. The highest BCUT2D eigenvalue weighted by molar-refractivity contribution is 5.64. The minimum atomic E-state index is -0.395. The molecule has 0 aliphatic rings. The van der Waals surface area contributed by atoms with Crippen molar-refractivity contribution in [3.63, 3.8) is 0 Å². The summed E-state index contributed by atoms with van der Waals surface area (Å²) in [6.45, 7) is 6.05. The molecule has 0 saturated heterocycles. The van der Waals surface area contributed by atoms with Crippen molar-refractivity contribution < 1.29 is 4.39 Å². The summed E-state index contributed by atoms with van der Waals surface area (Å²) in [4.78, 5) is 3.76. The van der Waals surface area contributed by atoms with E-state index in [1.165, 1.54) is 5.56 Å². The highest BCUT2D eigenvalue weighted by Crippen LogP contribution is 2.24. The number of aryl methyl sites for hydroxylation is 1. The van der Waals surface area contributed by atoms with Crippen molar-refractivity contribution in [2.45, 2.75) is 26.7 Å². The molecule has 0 atom stereocenters. The van der Waals surface area contributed by atoms with Crippen molar-refractivity contribution >= 4 is 0 Å². The van der Waals surface area contributed by atoms with Crippen LogP contribution in [0.1, 0.15) is 30.9 Å². The van der Waals surface area contributed by atoms with Gasteiger partial charge >= 0.3 is 0 Å². The van der Waals surface area contributed by atoms with Gasteiger partial charge in [-0.25, -0.2) is 4.98 Å². The molecule has 0 amide bonds. The van der Waals surface area contributed by atoms with E-state index >= 15 is 0 Å². The molecular formula is C15H16FN. The molecule has 0 spiro atoms. The van der Waals surface area contributed by atoms with Crippen molar-refractivity contribution in [1.29, 1.82) is 0 Å². The van der Waals surface area contributed by atoms with Crippen LogP contribution in [0.5, 0.6) is 0 Å². The van der Waals surface area contributed by atoms with Gasteiger partial charge in [-0.15, -0.1) is 0 Å². The molecule has 2 aromatic rings. The highest BCUT2D eigenvalue weighted by atomic mass is 19.1. The fraction of sp³-hybridized carbons (Fsp3) is 0.267. The standard InChI is InChI=1S/C15H16FN/c1-10(2)12-5-4-6-13(8-12)14-7-11(3)15(16)17-9-14/h4-10H,1-3H3. The van der Waals surface area contributed by atoms with E-state index in [0.717, 1.165) is 11.1 Å². The maximum Gasteiger partial charge on any atom is 0.215 e. The molecule has 1 heterocycles. The van der Waals surface area contributed by atoms with Gasteiger partial charge in [0.1, 0.15) is 0 Å². The minimum Gasteiger partial charge on any atom is -0.227 e. The summed E-state index contributed by atoms with van der Waals surface area (Å²) in [5.41, 5.74) is 3.92. The monoisotopic (exact) mass is 229 g/mol. The second-order valence-electron chi connectivity index (χ2n) is 4.61. The first kappa shape index (κ1) is 11.8. The molecule has 0 bridgehead atoms. The molecule has 1 nitrogen and oxygen atoms in total. The van der Waals surface area contributed by atoms with Crippen molar-refractivity contribution in [1.82, 2.24) is 4.98 Å². The normalized spacial score (nSPS) is 10.9. The summed E-state index contributed by atoms with van der Waals surface area (Å²) in [6, 6.07) is 10.1. The van der Waals surface area contributed by atoms with Crippen LogP contribution < -0.4 is 0 Å². The maximum atomic E-state index is 13.1. The lowest BCUT2D eigenvalue weighted by atomic mass is 9.98. The Bertz CT molecular complexity index is 532. The van der Waals surface area contributed by atoms with E-state index in [4.69, 9.17) is 0 Å². The topological polar surface area (TPSA) is 12.9 Å². The average molecular weight is 229 g/mol. The van der Waals surface area contributed by atoms with E-state index in [1.54, 1.807) is 13.1 Å². The van der Waals surface area contributed by atoms with Crippen molar-refractivity contribution in [3.05, 3.63) is 53.6 Å². The molecule has 2 heteroatoms. The Balaban J connectivity index is 2.45. The molecule has 0 fully saturated rings. The third kappa shape index (κ3) is 2.52. The highest BCUT2D eigenvalue weighted by Gasteiger charge is 2.05. The molecule has 0 radical (unpaired) electrons. The van der Waals surface area contributed by atoms with Gasteiger partial charge in [0, 0.05) is 17.3 Å². The van der Waals surface area contributed by atoms with Gasteiger partial charge in [0.15, 0.2) is 0 Å². The first-order chi connectivity index (χ1) is 8.08.